The third kappa shape index (κ3) is 3.64. The van der Waals surface area contributed by atoms with E-state index in [1.165, 1.54) is 27.4 Å². The van der Waals surface area contributed by atoms with Gasteiger partial charge < -0.3 is 22.0 Å². The van der Waals surface area contributed by atoms with Crippen LogP contribution in [0.3, 0.4) is 0 Å². The van der Waals surface area contributed by atoms with Crippen molar-refractivity contribution in [1.29, 1.82) is 0 Å². The molecule has 1 saturated heterocycles. The smallest absolute Gasteiger partial charge is 0.428 e. The van der Waals surface area contributed by atoms with E-state index in [2.05, 4.69) is 23.1 Å². The largest absolute Gasteiger partial charge is 1.00 e. The van der Waals surface area contributed by atoms with Crippen molar-refractivity contribution >= 4 is 39.0 Å². The quantitative estimate of drug-likeness (QED) is 0.581. The number of benzene rings is 2. The molecule has 3 amide bonds. The van der Waals surface area contributed by atoms with Gasteiger partial charge in [0.05, 0.1) is 12.5 Å². The molecule has 2 N–H and O–H groups in total. The summed E-state index contributed by atoms with van der Waals surface area (Å²) in [6, 6.07) is 14.1. The van der Waals surface area contributed by atoms with Gasteiger partial charge in [-0.2, -0.15) is 0 Å². The summed E-state index contributed by atoms with van der Waals surface area (Å²) in [7, 11) is 1.74. The molecular weight excluding hydrogens is 458 g/mol. The molecule has 1 aliphatic carbocycles. The van der Waals surface area contributed by atoms with Crippen LogP contribution in [-0.4, -0.2) is 55.0 Å². The Bertz CT molecular complexity index is 1240. The monoisotopic (exact) mass is 483 g/mol. The number of carbonyl (C=O) groups excluding carboxylic acids is 2. The van der Waals surface area contributed by atoms with Crippen molar-refractivity contribution in [2.45, 2.75) is 18.8 Å². The molecule has 0 saturated carbocycles. The lowest BCUT2D eigenvalue weighted by molar-refractivity contribution is -0.471. The van der Waals surface area contributed by atoms with Crippen LogP contribution in [0.2, 0.25) is 0 Å². The lowest BCUT2D eigenvalue weighted by Gasteiger charge is -2.28. The van der Waals surface area contributed by atoms with Gasteiger partial charge in [0.25, 0.3) is 5.91 Å². The Morgan fingerprint density at radius 3 is 2.79 bits per heavy atom. The number of urea groups is 1. The summed E-state index contributed by atoms with van der Waals surface area (Å²) in [5, 5.41) is 2.63. The number of ether oxygens (including phenoxy) is 1. The fourth-order valence-electron chi connectivity index (χ4n) is 5.75. The Morgan fingerprint density at radius 1 is 1.09 bits per heavy atom. The van der Waals surface area contributed by atoms with Gasteiger partial charge in [-0.1, -0.05) is 24.3 Å². The van der Waals surface area contributed by atoms with Crippen molar-refractivity contribution in [3.8, 4) is 5.75 Å². The first-order valence-electron chi connectivity index (χ1n) is 11.2. The normalized spacial score (nSPS) is 22.0. The van der Waals surface area contributed by atoms with Crippen molar-refractivity contribution < 1.29 is 32.0 Å². The van der Waals surface area contributed by atoms with Crippen LogP contribution >= 0.6 is 11.3 Å². The molecule has 0 bridgehead atoms. The zero-order valence-corrected chi connectivity index (χ0v) is 20.0. The summed E-state index contributed by atoms with van der Waals surface area (Å²) in [5.74, 6) is 1.98. The molecule has 0 radical (unpaired) electrons. The summed E-state index contributed by atoms with van der Waals surface area (Å²) in [6.07, 6.45) is 2.22. The summed E-state index contributed by atoms with van der Waals surface area (Å²) >= 11 is 1.48. The van der Waals surface area contributed by atoms with Gasteiger partial charge in [-0.15, -0.1) is 11.3 Å². The van der Waals surface area contributed by atoms with Crippen LogP contribution in [0.1, 0.15) is 33.1 Å². The van der Waals surface area contributed by atoms with Crippen LogP contribution < -0.4 is 22.5 Å². The number of hydrogen-bond acceptors (Lipinski definition) is 5. The maximum atomic E-state index is 13.1. The number of methoxy groups -OCH3 is 1. The van der Waals surface area contributed by atoms with Gasteiger partial charge in [0.1, 0.15) is 5.75 Å². The molecule has 2 atom stereocenters. The van der Waals surface area contributed by atoms with Crippen molar-refractivity contribution in [3.05, 3.63) is 58.5 Å². The first kappa shape index (κ1) is 22.3. The van der Waals surface area contributed by atoms with E-state index in [0.29, 0.717) is 23.3 Å². The minimum Gasteiger partial charge on any atom is -1.00 e. The van der Waals surface area contributed by atoms with E-state index in [-0.39, 0.29) is 24.3 Å². The Labute approximate surface area is 202 Å². The Hall–Kier alpha value is -2.45. The number of fused-ring (bicyclic) bond motifs is 6. The molecule has 8 heteroatoms. The lowest BCUT2D eigenvalue weighted by Crippen LogP contribution is -3.00. The molecule has 1 aromatic heterocycles. The number of quaternary nitrogens is 1. The van der Waals surface area contributed by atoms with Crippen LogP contribution in [0.5, 0.6) is 5.75 Å². The molecule has 2 aromatic carbocycles. The first-order chi connectivity index (χ1) is 15.6. The summed E-state index contributed by atoms with van der Waals surface area (Å²) < 4.78 is 6.64. The number of imide groups is 1. The highest BCUT2D eigenvalue weighted by molar-refractivity contribution is 7.21. The fourth-order valence-corrected chi connectivity index (χ4v) is 6.88. The first-order valence-corrected chi connectivity index (χ1v) is 12.1. The number of primary amides is 1. The number of halogens is 1. The second-order valence-electron chi connectivity index (χ2n) is 8.97. The molecule has 172 valence electrons. The Morgan fingerprint density at radius 2 is 1.94 bits per heavy atom. The number of nitrogens with two attached hydrogens (primary N) is 1. The van der Waals surface area contributed by atoms with Gasteiger partial charge in [0.2, 0.25) is 0 Å². The molecule has 6 nitrogen and oxygen atoms in total. The molecule has 3 aliphatic rings. The third-order valence-electron chi connectivity index (χ3n) is 7.32. The number of carbonyl (C=O) groups is 2. The van der Waals surface area contributed by atoms with Crippen LogP contribution in [0.25, 0.3) is 10.1 Å². The molecule has 0 spiro atoms. The van der Waals surface area contributed by atoms with E-state index in [1.54, 1.807) is 12.4 Å². The molecule has 33 heavy (non-hydrogen) atoms. The summed E-state index contributed by atoms with van der Waals surface area (Å²) in [4.78, 5) is 30.5. The number of amides is 3. The van der Waals surface area contributed by atoms with Crippen molar-refractivity contribution in [2.75, 3.05) is 33.3 Å². The number of rotatable bonds is 4. The van der Waals surface area contributed by atoms with Crippen LogP contribution in [0, 0.1) is 5.92 Å². The van der Waals surface area contributed by atoms with E-state index in [0.717, 1.165) is 54.0 Å². The Balaban J connectivity index is 0.00000228. The molecule has 0 unspecified atom stereocenters. The van der Waals surface area contributed by atoms with Gasteiger partial charge in [-0.3, -0.25) is 4.79 Å². The maximum Gasteiger partial charge on any atom is 0.428 e. The van der Waals surface area contributed by atoms with Crippen LogP contribution in [-0.2, 0) is 6.42 Å². The van der Waals surface area contributed by atoms with Gasteiger partial charge in [0, 0.05) is 36.8 Å². The number of thiophene rings is 1. The maximum absolute atomic E-state index is 13.1. The van der Waals surface area contributed by atoms with Gasteiger partial charge in [-0.25, -0.2) is 15.0 Å². The molecule has 1 fully saturated rings. The number of likely N-dealkylation sites (tertiary alicyclic amines) is 1. The SMILES string of the molecule is COc1cccc2c1CC[C@@H]1CN(CCN3C(=O)[NH2+]c4c(sc5ccccc45)C3=O)C[C@@H]21.[Cl-]. The lowest BCUT2D eigenvalue weighted by atomic mass is 9.77. The van der Waals surface area contributed by atoms with Crippen LogP contribution in [0.15, 0.2) is 42.5 Å². The average molecular weight is 484 g/mol. The predicted molar refractivity (Wildman–Crippen MR) is 124 cm³/mol. The highest BCUT2D eigenvalue weighted by Crippen LogP contribution is 2.44. The second-order valence-corrected chi connectivity index (χ2v) is 10.0. The summed E-state index contributed by atoms with van der Waals surface area (Å²) in [6.45, 7) is 3.15. The molecule has 3 aromatic rings. The molecule has 3 heterocycles. The fraction of sp³-hybridized carbons (Fsp3) is 0.360. The third-order valence-corrected chi connectivity index (χ3v) is 8.49. The summed E-state index contributed by atoms with van der Waals surface area (Å²) in [5.41, 5.74) is 3.55. The Kier molecular flexibility index (Phi) is 5.91. The van der Waals surface area contributed by atoms with Gasteiger partial charge >= 0.3 is 6.03 Å². The molecule has 6 rings (SSSR count). The minimum atomic E-state index is -0.197. The predicted octanol–water partition coefficient (Wildman–Crippen LogP) is 0.346. The van der Waals surface area contributed by atoms with E-state index in [4.69, 9.17) is 4.74 Å². The number of hydrogen-bond donors (Lipinski definition) is 1. The zero-order valence-electron chi connectivity index (χ0n) is 18.4. The van der Waals surface area contributed by atoms with Crippen LogP contribution in [0.4, 0.5) is 10.5 Å². The standard InChI is InChI=1S/C25H25N3O3S.ClH/c1-31-20-7-4-6-16-17(20)10-9-15-13-27(14-19(15)16)11-12-28-24(29)23-22(26-25(28)30)18-5-2-3-8-21(18)32-23;/h2-8,15,19H,9-14H2,1H3,(H,26,30);1H/t15-,19-;/m1./s1. The topological polar surface area (TPSA) is 66.5 Å². The van der Waals surface area contributed by atoms with Gasteiger partial charge in [-0.05, 0) is 48.1 Å². The van der Waals surface area contributed by atoms with E-state index < -0.39 is 0 Å². The second kappa shape index (κ2) is 8.72. The van der Waals surface area contributed by atoms with E-state index >= 15 is 0 Å². The molecule has 2 aliphatic heterocycles. The van der Waals surface area contributed by atoms with Gasteiger partial charge in [0.15, 0.2) is 10.6 Å². The van der Waals surface area contributed by atoms with Crippen molar-refractivity contribution in [1.82, 2.24) is 9.80 Å². The van der Waals surface area contributed by atoms with E-state index in [9.17, 15) is 9.59 Å². The number of nitrogens with zero attached hydrogens (tertiary/aromatic N) is 2. The zero-order chi connectivity index (χ0) is 21.8. The minimum absolute atomic E-state index is 0. The van der Waals surface area contributed by atoms with E-state index in [1.807, 2.05) is 24.3 Å². The van der Waals surface area contributed by atoms with Crippen molar-refractivity contribution in [3.63, 3.8) is 0 Å². The van der Waals surface area contributed by atoms with Crippen molar-refractivity contribution in [2.24, 2.45) is 5.92 Å². The highest BCUT2D eigenvalue weighted by Gasteiger charge is 2.41. The average Bonchev–Trinajstić information content (AvgIpc) is 3.40. The highest BCUT2D eigenvalue weighted by atomic mass is 35.5. The molecular formula is C25H26ClN3O3S.